The van der Waals surface area contributed by atoms with Crippen molar-refractivity contribution >= 4 is 11.6 Å². The molecule has 0 heterocycles. The van der Waals surface area contributed by atoms with Gasteiger partial charge < -0.3 is 0 Å². The number of hydrazine groups is 1. The van der Waals surface area contributed by atoms with E-state index in [1.54, 1.807) is 6.07 Å². The molecule has 100 valence electrons. The standard InChI is InChI=1S/C15H16ClFN2/c1-9-3-5-12(17)8-13(9)15(19-18)11-4-6-14(16)10(2)7-11/h3-8,15,19H,18H2,1-2H3. The third-order valence-electron chi connectivity index (χ3n) is 3.23. The number of nitrogens with one attached hydrogen (secondary N) is 1. The largest absolute Gasteiger partial charge is 0.271 e. The number of hydrogen-bond acceptors (Lipinski definition) is 2. The predicted molar refractivity (Wildman–Crippen MR) is 76.5 cm³/mol. The number of benzene rings is 2. The van der Waals surface area contributed by atoms with Crippen molar-refractivity contribution in [2.45, 2.75) is 19.9 Å². The van der Waals surface area contributed by atoms with E-state index in [4.69, 9.17) is 17.4 Å². The maximum absolute atomic E-state index is 13.4. The molecule has 1 atom stereocenters. The molecule has 0 aliphatic rings. The molecule has 0 amide bonds. The minimum Gasteiger partial charge on any atom is -0.271 e. The van der Waals surface area contributed by atoms with Gasteiger partial charge in [-0.3, -0.25) is 5.84 Å². The summed E-state index contributed by atoms with van der Waals surface area (Å²) in [4.78, 5) is 0. The maximum Gasteiger partial charge on any atom is 0.123 e. The molecule has 1 unspecified atom stereocenters. The molecular weight excluding hydrogens is 263 g/mol. The number of hydrogen-bond donors (Lipinski definition) is 2. The Bertz CT molecular complexity index is 599. The summed E-state index contributed by atoms with van der Waals surface area (Å²) in [7, 11) is 0. The van der Waals surface area contributed by atoms with E-state index < -0.39 is 0 Å². The van der Waals surface area contributed by atoms with E-state index in [-0.39, 0.29) is 11.9 Å². The molecule has 0 aromatic heterocycles. The van der Waals surface area contributed by atoms with Crippen LogP contribution in [0.1, 0.15) is 28.3 Å². The van der Waals surface area contributed by atoms with Gasteiger partial charge in [-0.25, -0.2) is 9.82 Å². The van der Waals surface area contributed by atoms with Gasteiger partial charge in [-0.05, 0) is 54.3 Å². The maximum atomic E-state index is 13.4. The highest BCUT2D eigenvalue weighted by Crippen LogP contribution is 2.27. The van der Waals surface area contributed by atoms with Gasteiger partial charge >= 0.3 is 0 Å². The first-order valence-corrected chi connectivity index (χ1v) is 6.39. The Balaban J connectivity index is 2.49. The van der Waals surface area contributed by atoms with Crippen LogP contribution < -0.4 is 11.3 Å². The fraction of sp³-hybridized carbons (Fsp3) is 0.200. The molecule has 2 aromatic carbocycles. The molecule has 0 aliphatic heterocycles. The van der Waals surface area contributed by atoms with Crippen molar-refractivity contribution in [1.29, 1.82) is 0 Å². The highest BCUT2D eigenvalue weighted by molar-refractivity contribution is 6.31. The lowest BCUT2D eigenvalue weighted by molar-refractivity contribution is 0.602. The molecule has 0 saturated heterocycles. The lowest BCUT2D eigenvalue weighted by Gasteiger charge is -2.20. The first kappa shape index (κ1) is 14.0. The van der Waals surface area contributed by atoms with Crippen molar-refractivity contribution in [2.75, 3.05) is 0 Å². The molecule has 4 heteroatoms. The minimum absolute atomic E-state index is 0.258. The van der Waals surface area contributed by atoms with Crippen molar-refractivity contribution in [2.24, 2.45) is 5.84 Å². The van der Waals surface area contributed by atoms with Crippen LogP contribution in [0.2, 0.25) is 5.02 Å². The normalized spacial score (nSPS) is 12.5. The molecule has 19 heavy (non-hydrogen) atoms. The van der Waals surface area contributed by atoms with Crippen LogP contribution in [-0.2, 0) is 0 Å². The van der Waals surface area contributed by atoms with Crippen molar-refractivity contribution in [3.63, 3.8) is 0 Å². The summed E-state index contributed by atoms with van der Waals surface area (Å²) in [5, 5.41) is 0.704. The van der Waals surface area contributed by atoms with Gasteiger partial charge in [-0.1, -0.05) is 29.8 Å². The Morgan fingerprint density at radius 1 is 1.11 bits per heavy atom. The lowest BCUT2D eigenvalue weighted by Crippen LogP contribution is -2.29. The van der Waals surface area contributed by atoms with Crippen LogP contribution in [0, 0.1) is 19.7 Å². The Morgan fingerprint density at radius 3 is 2.47 bits per heavy atom. The zero-order chi connectivity index (χ0) is 14.0. The summed E-state index contributed by atoms with van der Waals surface area (Å²) in [6.07, 6.45) is 0. The van der Waals surface area contributed by atoms with Gasteiger partial charge in [0.15, 0.2) is 0 Å². The number of rotatable bonds is 3. The van der Waals surface area contributed by atoms with E-state index in [0.717, 1.165) is 22.3 Å². The highest BCUT2D eigenvalue weighted by atomic mass is 35.5. The average Bonchev–Trinajstić information content (AvgIpc) is 2.38. The summed E-state index contributed by atoms with van der Waals surface area (Å²) in [6, 6.07) is 10.1. The van der Waals surface area contributed by atoms with Crippen LogP contribution in [0.25, 0.3) is 0 Å². The quantitative estimate of drug-likeness (QED) is 0.664. The summed E-state index contributed by atoms with van der Waals surface area (Å²) in [5.74, 6) is 5.37. The number of nitrogens with two attached hydrogens (primary N) is 1. The van der Waals surface area contributed by atoms with Crippen LogP contribution in [0.15, 0.2) is 36.4 Å². The second-order valence-electron chi connectivity index (χ2n) is 4.61. The molecule has 0 radical (unpaired) electrons. The van der Waals surface area contributed by atoms with Gasteiger partial charge in [-0.2, -0.15) is 0 Å². The van der Waals surface area contributed by atoms with Crippen LogP contribution in [0.3, 0.4) is 0 Å². The van der Waals surface area contributed by atoms with E-state index in [9.17, 15) is 4.39 Å². The SMILES string of the molecule is Cc1cc(C(NN)c2cc(F)ccc2C)ccc1Cl. The van der Waals surface area contributed by atoms with Crippen LogP contribution in [0.4, 0.5) is 4.39 Å². The monoisotopic (exact) mass is 278 g/mol. The van der Waals surface area contributed by atoms with Gasteiger partial charge in [0.1, 0.15) is 5.82 Å². The zero-order valence-corrected chi connectivity index (χ0v) is 11.6. The molecule has 3 N–H and O–H groups in total. The third kappa shape index (κ3) is 2.95. The van der Waals surface area contributed by atoms with E-state index in [1.165, 1.54) is 12.1 Å². The van der Waals surface area contributed by atoms with Crippen molar-refractivity contribution < 1.29 is 4.39 Å². The first-order valence-electron chi connectivity index (χ1n) is 6.01. The van der Waals surface area contributed by atoms with Crippen LogP contribution >= 0.6 is 11.6 Å². The Labute approximate surface area is 117 Å². The van der Waals surface area contributed by atoms with E-state index >= 15 is 0 Å². The first-order chi connectivity index (χ1) is 9.02. The predicted octanol–water partition coefficient (Wildman–Crippen LogP) is 3.65. The fourth-order valence-corrected chi connectivity index (χ4v) is 2.25. The Hall–Kier alpha value is -1.42. The smallest absolute Gasteiger partial charge is 0.123 e. The topological polar surface area (TPSA) is 38.0 Å². The molecule has 2 aromatic rings. The summed E-state index contributed by atoms with van der Waals surface area (Å²) < 4.78 is 13.4. The van der Waals surface area contributed by atoms with Gasteiger partial charge in [0.25, 0.3) is 0 Å². The zero-order valence-electron chi connectivity index (χ0n) is 10.9. The van der Waals surface area contributed by atoms with E-state index in [1.807, 2.05) is 32.0 Å². The summed E-state index contributed by atoms with van der Waals surface area (Å²) >= 11 is 6.02. The average molecular weight is 279 g/mol. The summed E-state index contributed by atoms with van der Waals surface area (Å²) in [5.41, 5.74) is 6.47. The van der Waals surface area contributed by atoms with Crippen molar-refractivity contribution in [3.8, 4) is 0 Å². The van der Waals surface area contributed by atoms with Gasteiger partial charge in [0.05, 0.1) is 6.04 Å². The van der Waals surface area contributed by atoms with E-state index in [2.05, 4.69) is 5.43 Å². The van der Waals surface area contributed by atoms with Gasteiger partial charge in [0.2, 0.25) is 0 Å². The van der Waals surface area contributed by atoms with Gasteiger partial charge in [-0.15, -0.1) is 0 Å². The molecule has 0 bridgehead atoms. The highest BCUT2D eigenvalue weighted by Gasteiger charge is 2.16. The third-order valence-corrected chi connectivity index (χ3v) is 3.66. The Kier molecular flexibility index (Phi) is 4.20. The fourth-order valence-electron chi connectivity index (χ4n) is 2.14. The van der Waals surface area contributed by atoms with E-state index in [0.29, 0.717) is 5.02 Å². The molecule has 0 aliphatic carbocycles. The molecular formula is C15H16ClFN2. The number of halogens is 2. The van der Waals surface area contributed by atoms with Gasteiger partial charge in [0, 0.05) is 5.02 Å². The lowest BCUT2D eigenvalue weighted by atomic mass is 9.94. The number of aryl methyl sites for hydroxylation is 2. The molecule has 2 nitrogen and oxygen atoms in total. The minimum atomic E-state index is -0.272. The molecule has 2 rings (SSSR count). The van der Waals surface area contributed by atoms with Crippen LogP contribution in [0.5, 0.6) is 0 Å². The van der Waals surface area contributed by atoms with Crippen molar-refractivity contribution in [1.82, 2.24) is 5.43 Å². The molecule has 0 fully saturated rings. The summed E-state index contributed by atoms with van der Waals surface area (Å²) in [6.45, 7) is 3.86. The Morgan fingerprint density at radius 2 is 1.84 bits per heavy atom. The van der Waals surface area contributed by atoms with Crippen LogP contribution in [-0.4, -0.2) is 0 Å². The van der Waals surface area contributed by atoms with Crippen molar-refractivity contribution in [3.05, 3.63) is 69.5 Å². The molecule has 0 spiro atoms. The molecule has 0 saturated carbocycles. The second-order valence-corrected chi connectivity index (χ2v) is 5.02. The second kappa shape index (κ2) is 5.70.